The molecule has 1 aromatic rings. The zero-order chi connectivity index (χ0) is 9.10. The summed E-state index contributed by atoms with van der Waals surface area (Å²) in [5, 5.41) is 6.60. The Bertz CT molecular complexity index is 245. The predicted molar refractivity (Wildman–Crippen MR) is 57.2 cm³/mol. The number of thiazole rings is 1. The molecule has 0 radical (unpaired) electrons. The number of rotatable bonds is 2. The number of anilines is 1. The Kier molecular flexibility index (Phi) is 2.83. The van der Waals surface area contributed by atoms with E-state index in [2.05, 4.69) is 17.2 Å². The molecule has 1 heterocycles. The summed E-state index contributed by atoms with van der Waals surface area (Å²) in [7, 11) is 0. The summed E-state index contributed by atoms with van der Waals surface area (Å²) in [4.78, 5) is 4.24. The van der Waals surface area contributed by atoms with Gasteiger partial charge in [-0.05, 0) is 18.8 Å². The molecule has 0 spiro atoms. The number of hydrogen-bond acceptors (Lipinski definition) is 3. The summed E-state index contributed by atoms with van der Waals surface area (Å²) in [5.41, 5.74) is 0. The van der Waals surface area contributed by atoms with Crippen molar-refractivity contribution in [1.82, 2.24) is 4.98 Å². The van der Waals surface area contributed by atoms with Crippen LogP contribution in [0.5, 0.6) is 0 Å². The highest BCUT2D eigenvalue weighted by Gasteiger charge is 2.18. The minimum absolute atomic E-state index is 0.662. The van der Waals surface area contributed by atoms with Crippen LogP contribution in [0.2, 0.25) is 0 Å². The molecule has 0 aliphatic heterocycles. The van der Waals surface area contributed by atoms with Crippen LogP contribution >= 0.6 is 11.3 Å². The lowest BCUT2D eigenvalue weighted by atomic mass is 9.87. The fraction of sp³-hybridized carbons (Fsp3) is 0.700. The second-order valence-corrected chi connectivity index (χ2v) is 4.84. The number of aromatic nitrogens is 1. The molecule has 1 aliphatic carbocycles. The molecule has 1 saturated carbocycles. The Labute approximate surface area is 83.4 Å². The Balaban J connectivity index is 1.87. The van der Waals surface area contributed by atoms with Gasteiger partial charge in [0.15, 0.2) is 5.13 Å². The van der Waals surface area contributed by atoms with E-state index >= 15 is 0 Å². The molecule has 0 amide bonds. The topological polar surface area (TPSA) is 24.9 Å². The molecule has 2 atom stereocenters. The minimum Gasteiger partial charge on any atom is -0.359 e. The molecule has 13 heavy (non-hydrogen) atoms. The standard InChI is InChI=1S/C10H16N2S/c1-8-3-2-4-9(7-8)12-10-11-5-6-13-10/h5-6,8-9H,2-4,7H2,1H3,(H,11,12). The van der Waals surface area contributed by atoms with Gasteiger partial charge in [0.05, 0.1) is 0 Å². The van der Waals surface area contributed by atoms with E-state index in [1.54, 1.807) is 11.3 Å². The van der Waals surface area contributed by atoms with Gasteiger partial charge in [-0.1, -0.05) is 19.8 Å². The van der Waals surface area contributed by atoms with Gasteiger partial charge in [0.25, 0.3) is 0 Å². The second-order valence-electron chi connectivity index (χ2n) is 3.95. The van der Waals surface area contributed by atoms with Crippen molar-refractivity contribution < 1.29 is 0 Å². The lowest BCUT2D eigenvalue weighted by molar-refractivity contribution is 0.358. The van der Waals surface area contributed by atoms with Crippen LogP contribution in [0, 0.1) is 5.92 Å². The van der Waals surface area contributed by atoms with Gasteiger partial charge in [0, 0.05) is 17.6 Å². The Morgan fingerprint density at radius 3 is 3.15 bits per heavy atom. The Morgan fingerprint density at radius 2 is 2.46 bits per heavy atom. The van der Waals surface area contributed by atoms with Crippen LogP contribution in [-0.4, -0.2) is 11.0 Å². The average molecular weight is 196 g/mol. The van der Waals surface area contributed by atoms with Gasteiger partial charge in [0.2, 0.25) is 0 Å². The summed E-state index contributed by atoms with van der Waals surface area (Å²) >= 11 is 1.70. The van der Waals surface area contributed by atoms with Crippen LogP contribution in [0.25, 0.3) is 0 Å². The first-order valence-corrected chi connectivity index (χ1v) is 5.88. The molecule has 0 aromatic carbocycles. The SMILES string of the molecule is CC1CCCC(Nc2nccs2)C1. The monoisotopic (exact) mass is 196 g/mol. The molecule has 1 aromatic heterocycles. The zero-order valence-electron chi connectivity index (χ0n) is 7.99. The largest absolute Gasteiger partial charge is 0.359 e. The molecular formula is C10H16N2S. The molecule has 1 N–H and O–H groups in total. The molecule has 2 nitrogen and oxygen atoms in total. The first kappa shape index (κ1) is 9.00. The van der Waals surface area contributed by atoms with Crippen molar-refractivity contribution in [3.63, 3.8) is 0 Å². The molecule has 2 rings (SSSR count). The lowest BCUT2D eigenvalue weighted by Crippen LogP contribution is -2.25. The van der Waals surface area contributed by atoms with Gasteiger partial charge in [-0.15, -0.1) is 11.3 Å². The van der Waals surface area contributed by atoms with Gasteiger partial charge >= 0.3 is 0 Å². The maximum atomic E-state index is 4.24. The summed E-state index contributed by atoms with van der Waals surface area (Å²) in [6, 6.07) is 0.662. The molecule has 0 saturated heterocycles. The molecule has 72 valence electrons. The van der Waals surface area contributed by atoms with E-state index in [1.165, 1.54) is 25.7 Å². The summed E-state index contributed by atoms with van der Waals surface area (Å²) in [5.74, 6) is 0.881. The number of nitrogens with zero attached hydrogens (tertiary/aromatic N) is 1. The minimum atomic E-state index is 0.662. The van der Waals surface area contributed by atoms with Crippen LogP contribution < -0.4 is 5.32 Å². The van der Waals surface area contributed by atoms with Crippen LogP contribution in [0.15, 0.2) is 11.6 Å². The average Bonchev–Trinajstić information content (AvgIpc) is 2.57. The second kappa shape index (κ2) is 4.09. The van der Waals surface area contributed by atoms with Gasteiger partial charge in [-0.2, -0.15) is 0 Å². The third-order valence-corrected chi connectivity index (χ3v) is 3.40. The van der Waals surface area contributed by atoms with Crippen LogP contribution in [0.1, 0.15) is 32.6 Å². The van der Waals surface area contributed by atoms with Crippen molar-refractivity contribution >= 4 is 16.5 Å². The summed E-state index contributed by atoms with van der Waals surface area (Å²) < 4.78 is 0. The van der Waals surface area contributed by atoms with Crippen molar-refractivity contribution in [2.75, 3.05) is 5.32 Å². The van der Waals surface area contributed by atoms with Crippen LogP contribution in [0.3, 0.4) is 0 Å². The van der Waals surface area contributed by atoms with E-state index in [4.69, 9.17) is 0 Å². The van der Waals surface area contributed by atoms with Gasteiger partial charge in [-0.25, -0.2) is 4.98 Å². The maximum Gasteiger partial charge on any atom is 0.182 e. The quantitative estimate of drug-likeness (QED) is 0.786. The highest BCUT2D eigenvalue weighted by molar-refractivity contribution is 7.13. The summed E-state index contributed by atoms with van der Waals surface area (Å²) in [6.45, 7) is 2.34. The molecule has 0 bridgehead atoms. The summed E-state index contributed by atoms with van der Waals surface area (Å²) in [6.07, 6.45) is 7.24. The van der Waals surface area contributed by atoms with E-state index < -0.39 is 0 Å². The van der Waals surface area contributed by atoms with Crippen molar-refractivity contribution in [3.05, 3.63) is 11.6 Å². The fourth-order valence-corrected chi connectivity index (χ4v) is 2.64. The van der Waals surface area contributed by atoms with Crippen molar-refractivity contribution in [2.45, 2.75) is 38.6 Å². The first-order valence-electron chi connectivity index (χ1n) is 5.00. The lowest BCUT2D eigenvalue weighted by Gasteiger charge is -2.27. The first-order chi connectivity index (χ1) is 6.34. The van der Waals surface area contributed by atoms with Gasteiger partial charge in [0.1, 0.15) is 0 Å². The zero-order valence-corrected chi connectivity index (χ0v) is 8.81. The molecular weight excluding hydrogens is 180 g/mol. The molecule has 1 aliphatic rings. The van der Waals surface area contributed by atoms with Crippen molar-refractivity contribution in [3.8, 4) is 0 Å². The van der Waals surface area contributed by atoms with Gasteiger partial charge in [-0.3, -0.25) is 0 Å². The molecule has 3 heteroatoms. The number of nitrogens with one attached hydrogen (secondary N) is 1. The van der Waals surface area contributed by atoms with E-state index in [-0.39, 0.29) is 0 Å². The Hall–Kier alpha value is -0.570. The van der Waals surface area contributed by atoms with E-state index in [9.17, 15) is 0 Å². The van der Waals surface area contributed by atoms with Gasteiger partial charge < -0.3 is 5.32 Å². The number of hydrogen-bond donors (Lipinski definition) is 1. The smallest absolute Gasteiger partial charge is 0.182 e. The van der Waals surface area contributed by atoms with Crippen LogP contribution in [0.4, 0.5) is 5.13 Å². The van der Waals surface area contributed by atoms with Crippen LogP contribution in [-0.2, 0) is 0 Å². The highest BCUT2D eigenvalue weighted by atomic mass is 32.1. The highest BCUT2D eigenvalue weighted by Crippen LogP contribution is 2.26. The third-order valence-electron chi connectivity index (χ3n) is 2.70. The molecule has 1 fully saturated rings. The normalized spacial score (nSPS) is 28.7. The van der Waals surface area contributed by atoms with Crippen molar-refractivity contribution in [2.24, 2.45) is 5.92 Å². The van der Waals surface area contributed by atoms with Crippen molar-refractivity contribution in [1.29, 1.82) is 0 Å². The fourth-order valence-electron chi connectivity index (χ4n) is 2.03. The van der Waals surface area contributed by atoms with E-state index in [0.29, 0.717) is 6.04 Å². The van der Waals surface area contributed by atoms with E-state index in [1.807, 2.05) is 11.6 Å². The Morgan fingerprint density at radius 1 is 1.54 bits per heavy atom. The third kappa shape index (κ3) is 2.44. The van der Waals surface area contributed by atoms with E-state index in [0.717, 1.165) is 11.0 Å². The maximum absolute atomic E-state index is 4.24. The molecule has 2 unspecified atom stereocenters. The predicted octanol–water partition coefficient (Wildman–Crippen LogP) is 3.13.